The minimum absolute atomic E-state index is 0.0246. The van der Waals surface area contributed by atoms with Crippen LogP contribution in [0.5, 0.6) is 0 Å². The first kappa shape index (κ1) is 18.6. The number of halogens is 1. The second-order valence-corrected chi connectivity index (χ2v) is 7.97. The number of nitrogens with one attached hydrogen (secondary N) is 1. The highest BCUT2D eigenvalue weighted by Gasteiger charge is 2.27. The van der Waals surface area contributed by atoms with Crippen LogP contribution in [-0.4, -0.2) is 43.5 Å². The van der Waals surface area contributed by atoms with Gasteiger partial charge in [0.25, 0.3) is 0 Å². The minimum atomic E-state index is -3.16. The topological polar surface area (TPSA) is 66.5 Å². The standard InChI is InChI=1S/C17H23FN2O3S/c1-2-13-24(22,23)20-11-9-16(10-12-20)19-17(21)8-5-14-3-6-15(18)7-4-14/h3-8,16H,2,9-13H2,1H3,(H,19,21)/b8-5+. The Kier molecular flexibility index (Phi) is 6.51. The van der Waals surface area contributed by atoms with Gasteiger partial charge in [-0.2, -0.15) is 0 Å². The van der Waals surface area contributed by atoms with Crippen LogP contribution >= 0.6 is 0 Å². The summed E-state index contributed by atoms with van der Waals surface area (Å²) >= 11 is 0. The monoisotopic (exact) mass is 354 g/mol. The van der Waals surface area contributed by atoms with Gasteiger partial charge in [0, 0.05) is 25.2 Å². The Morgan fingerprint density at radius 3 is 2.50 bits per heavy atom. The Morgan fingerprint density at radius 1 is 1.29 bits per heavy atom. The summed E-state index contributed by atoms with van der Waals surface area (Å²) in [6.07, 6.45) is 4.86. The quantitative estimate of drug-likeness (QED) is 0.796. The van der Waals surface area contributed by atoms with Gasteiger partial charge in [-0.15, -0.1) is 0 Å². The molecule has 1 heterocycles. The fraction of sp³-hybridized carbons (Fsp3) is 0.471. The molecule has 0 unspecified atom stereocenters. The number of rotatable bonds is 6. The molecule has 132 valence electrons. The van der Waals surface area contributed by atoms with Crippen molar-refractivity contribution in [3.63, 3.8) is 0 Å². The molecular formula is C17H23FN2O3S. The average Bonchev–Trinajstić information content (AvgIpc) is 2.55. The van der Waals surface area contributed by atoms with Crippen molar-refractivity contribution in [1.82, 2.24) is 9.62 Å². The SMILES string of the molecule is CCCS(=O)(=O)N1CCC(NC(=O)/C=C/c2ccc(F)cc2)CC1. The number of carbonyl (C=O) groups excluding carboxylic acids is 1. The maximum Gasteiger partial charge on any atom is 0.244 e. The molecule has 1 N–H and O–H groups in total. The minimum Gasteiger partial charge on any atom is -0.350 e. The summed E-state index contributed by atoms with van der Waals surface area (Å²) in [5.74, 6) is -0.375. The average molecular weight is 354 g/mol. The molecule has 0 atom stereocenters. The van der Waals surface area contributed by atoms with Gasteiger partial charge >= 0.3 is 0 Å². The lowest BCUT2D eigenvalue weighted by atomic mass is 10.1. The van der Waals surface area contributed by atoms with Crippen LogP contribution in [0, 0.1) is 5.82 Å². The molecule has 0 bridgehead atoms. The third-order valence-electron chi connectivity index (χ3n) is 3.95. The van der Waals surface area contributed by atoms with E-state index in [9.17, 15) is 17.6 Å². The summed E-state index contributed by atoms with van der Waals surface area (Å²) in [5, 5.41) is 2.88. The van der Waals surface area contributed by atoms with Gasteiger partial charge in [-0.25, -0.2) is 17.1 Å². The highest BCUT2D eigenvalue weighted by atomic mass is 32.2. The van der Waals surface area contributed by atoms with Gasteiger partial charge in [-0.05, 0) is 43.0 Å². The number of hydrogen-bond acceptors (Lipinski definition) is 3. The molecule has 1 saturated heterocycles. The van der Waals surface area contributed by atoms with Crippen molar-refractivity contribution >= 4 is 22.0 Å². The molecule has 1 amide bonds. The fourth-order valence-corrected chi connectivity index (χ4v) is 4.20. The van der Waals surface area contributed by atoms with Gasteiger partial charge in [-0.3, -0.25) is 4.79 Å². The summed E-state index contributed by atoms with van der Waals surface area (Å²) in [6.45, 7) is 2.72. The third-order valence-corrected chi connectivity index (χ3v) is 6.03. The molecule has 0 aliphatic carbocycles. The van der Waals surface area contributed by atoms with Gasteiger partial charge in [0.2, 0.25) is 15.9 Å². The summed E-state index contributed by atoms with van der Waals surface area (Å²) in [5.41, 5.74) is 0.743. The van der Waals surface area contributed by atoms with Crippen molar-refractivity contribution < 1.29 is 17.6 Å². The van der Waals surface area contributed by atoms with Crippen LogP contribution in [-0.2, 0) is 14.8 Å². The lowest BCUT2D eigenvalue weighted by Gasteiger charge is -2.31. The number of nitrogens with zero attached hydrogens (tertiary/aromatic N) is 1. The molecule has 24 heavy (non-hydrogen) atoms. The Labute approximate surface area is 142 Å². The number of hydrogen-bond donors (Lipinski definition) is 1. The summed E-state index contributed by atoms with van der Waals surface area (Å²) in [4.78, 5) is 11.9. The van der Waals surface area contributed by atoms with E-state index in [0.717, 1.165) is 5.56 Å². The zero-order valence-electron chi connectivity index (χ0n) is 13.7. The van der Waals surface area contributed by atoms with Crippen LogP contribution in [0.25, 0.3) is 6.08 Å². The zero-order chi connectivity index (χ0) is 17.6. The van der Waals surface area contributed by atoms with E-state index in [-0.39, 0.29) is 23.5 Å². The number of amides is 1. The molecule has 0 saturated carbocycles. The predicted molar refractivity (Wildman–Crippen MR) is 92.2 cm³/mol. The Bertz CT molecular complexity index is 678. The van der Waals surface area contributed by atoms with E-state index in [1.807, 2.05) is 6.92 Å². The molecule has 0 radical (unpaired) electrons. The van der Waals surface area contributed by atoms with Crippen LogP contribution in [0.4, 0.5) is 4.39 Å². The maximum atomic E-state index is 12.8. The zero-order valence-corrected chi connectivity index (χ0v) is 14.6. The lowest BCUT2D eigenvalue weighted by molar-refractivity contribution is -0.117. The van der Waals surface area contributed by atoms with Crippen LogP contribution in [0.3, 0.4) is 0 Å². The molecule has 7 heteroatoms. The van der Waals surface area contributed by atoms with E-state index >= 15 is 0 Å². The molecule has 0 aromatic heterocycles. The summed E-state index contributed by atoms with van der Waals surface area (Å²) in [7, 11) is -3.16. The van der Waals surface area contributed by atoms with Gasteiger partial charge in [-0.1, -0.05) is 19.1 Å². The molecule has 1 aromatic rings. The van der Waals surface area contributed by atoms with Crippen molar-refractivity contribution in [2.24, 2.45) is 0 Å². The van der Waals surface area contributed by atoms with Crippen molar-refractivity contribution in [3.05, 3.63) is 41.7 Å². The number of carbonyl (C=O) groups is 1. The molecular weight excluding hydrogens is 331 g/mol. The van der Waals surface area contributed by atoms with Crippen molar-refractivity contribution in [3.8, 4) is 0 Å². The largest absolute Gasteiger partial charge is 0.350 e. The summed E-state index contributed by atoms with van der Waals surface area (Å²) in [6, 6.07) is 5.84. The van der Waals surface area contributed by atoms with Crippen molar-refractivity contribution in [1.29, 1.82) is 0 Å². The van der Waals surface area contributed by atoms with Crippen molar-refractivity contribution in [2.75, 3.05) is 18.8 Å². The van der Waals surface area contributed by atoms with Crippen LogP contribution in [0.15, 0.2) is 30.3 Å². The second kappa shape index (κ2) is 8.39. The predicted octanol–water partition coefficient (Wildman–Crippen LogP) is 2.16. The first-order valence-electron chi connectivity index (χ1n) is 8.12. The van der Waals surface area contributed by atoms with E-state index in [4.69, 9.17) is 0 Å². The maximum absolute atomic E-state index is 12.8. The van der Waals surface area contributed by atoms with Gasteiger partial charge < -0.3 is 5.32 Å². The smallest absolute Gasteiger partial charge is 0.244 e. The van der Waals surface area contributed by atoms with E-state index in [1.165, 1.54) is 22.5 Å². The van der Waals surface area contributed by atoms with E-state index in [0.29, 0.717) is 32.4 Å². The van der Waals surface area contributed by atoms with Crippen LogP contribution in [0.1, 0.15) is 31.7 Å². The normalized spacial score (nSPS) is 17.2. The number of sulfonamides is 1. The first-order valence-corrected chi connectivity index (χ1v) is 9.73. The highest BCUT2D eigenvalue weighted by Crippen LogP contribution is 2.15. The first-order chi connectivity index (χ1) is 11.4. The van der Waals surface area contributed by atoms with Gasteiger partial charge in [0.15, 0.2) is 0 Å². The van der Waals surface area contributed by atoms with E-state index < -0.39 is 10.0 Å². The van der Waals surface area contributed by atoms with Crippen LogP contribution < -0.4 is 5.32 Å². The third kappa shape index (κ3) is 5.42. The Balaban J connectivity index is 1.81. The molecule has 0 spiro atoms. The number of piperidine rings is 1. The Morgan fingerprint density at radius 2 is 1.92 bits per heavy atom. The van der Waals surface area contributed by atoms with Crippen LogP contribution in [0.2, 0.25) is 0 Å². The lowest BCUT2D eigenvalue weighted by Crippen LogP contribution is -2.46. The van der Waals surface area contributed by atoms with Gasteiger partial charge in [0.05, 0.1) is 5.75 Å². The molecule has 1 aliphatic heterocycles. The second-order valence-electron chi connectivity index (χ2n) is 5.88. The van der Waals surface area contributed by atoms with Crippen molar-refractivity contribution in [2.45, 2.75) is 32.2 Å². The highest BCUT2D eigenvalue weighted by molar-refractivity contribution is 7.89. The van der Waals surface area contributed by atoms with E-state index in [1.54, 1.807) is 18.2 Å². The fourth-order valence-electron chi connectivity index (χ4n) is 2.66. The molecule has 1 fully saturated rings. The number of benzene rings is 1. The Hall–Kier alpha value is -1.73. The molecule has 1 aromatic carbocycles. The van der Waals surface area contributed by atoms with Gasteiger partial charge in [0.1, 0.15) is 5.82 Å². The molecule has 5 nitrogen and oxygen atoms in total. The summed E-state index contributed by atoms with van der Waals surface area (Å²) < 4.78 is 38.3. The van der Waals surface area contributed by atoms with E-state index in [2.05, 4.69) is 5.32 Å². The molecule has 1 aliphatic rings. The molecule has 2 rings (SSSR count).